The normalized spacial score (nSPS) is 11.9. The second-order valence-corrected chi connectivity index (χ2v) is 15.9. The largest absolute Gasteiger partial charge is 0.497 e. The summed E-state index contributed by atoms with van der Waals surface area (Å²) in [6.07, 6.45) is 0. The molecule has 0 aromatic heterocycles. The van der Waals surface area contributed by atoms with Crippen molar-refractivity contribution < 1.29 is 35.2 Å². The summed E-state index contributed by atoms with van der Waals surface area (Å²) in [6, 6.07) is 42.1. The number of benzene rings is 6. The van der Waals surface area contributed by atoms with E-state index in [1.165, 1.54) is 42.0 Å². The Morgan fingerprint density at radius 1 is 0.412 bits per heavy atom. The van der Waals surface area contributed by atoms with E-state index in [1.807, 2.05) is 36.4 Å². The highest BCUT2D eigenvalue weighted by Crippen LogP contribution is 2.35. The van der Waals surface area contributed by atoms with Crippen molar-refractivity contribution in [2.24, 2.45) is 0 Å². The molecule has 260 valence electrons. The van der Waals surface area contributed by atoms with Gasteiger partial charge in [0, 0.05) is 5.41 Å². The van der Waals surface area contributed by atoms with Crippen molar-refractivity contribution in [3.63, 3.8) is 0 Å². The molecule has 0 amide bonds. The van der Waals surface area contributed by atoms with Gasteiger partial charge in [-0.1, -0.05) is 62.4 Å². The molecule has 0 aliphatic rings. The summed E-state index contributed by atoms with van der Waals surface area (Å²) in [5.74, 6) is 3.22. The summed E-state index contributed by atoms with van der Waals surface area (Å²) >= 11 is 0. The van der Waals surface area contributed by atoms with Gasteiger partial charge in [0.2, 0.25) is 9.84 Å². The Morgan fingerprint density at radius 2 is 0.725 bits per heavy atom. The van der Waals surface area contributed by atoms with E-state index in [-0.39, 0.29) is 20.1 Å². The molecule has 0 aliphatic carbocycles. The third-order valence-electron chi connectivity index (χ3n) is 8.68. The lowest BCUT2D eigenvalue weighted by molar-refractivity contribution is 0.398. The van der Waals surface area contributed by atoms with Crippen molar-refractivity contribution >= 4 is 20.0 Å². The predicted octanol–water partition coefficient (Wildman–Crippen LogP) is 9.44. The van der Waals surface area contributed by atoms with E-state index < -0.39 is 20.0 Å². The van der Waals surface area contributed by atoms with Crippen LogP contribution in [0, 0.1) is 0 Å². The Hall–Kier alpha value is -5.42. The van der Waals surface area contributed by atoms with Gasteiger partial charge in [-0.25, -0.2) is 8.42 Å². The first-order valence-electron chi connectivity index (χ1n) is 16.0. The standard InChI is InChI=1S/C41H36O8S2/c1-41(2,31-9-13-33(46-3)14-10-31)32-11-15-34(16-12-32)48-35-17-19-36(20-18-35)49-37-21-27-39(28-22-37)50(42,43)38-23-5-29(6-24-38)30-7-25-40(26-8-30)51(44,45)47-4/h5-28H,1-4H3. The summed E-state index contributed by atoms with van der Waals surface area (Å²) in [7, 11) is -4.83. The number of rotatable bonds is 12. The van der Waals surface area contributed by atoms with Crippen LogP contribution in [0.2, 0.25) is 0 Å². The number of hydrogen-bond donors (Lipinski definition) is 0. The third kappa shape index (κ3) is 7.83. The van der Waals surface area contributed by atoms with Crippen LogP contribution in [0.1, 0.15) is 25.0 Å². The molecule has 0 unspecified atom stereocenters. The highest BCUT2D eigenvalue weighted by molar-refractivity contribution is 7.91. The van der Waals surface area contributed by atoms with E-state index in [4.69, 9.17) is 14.2 Å². The topological polar surface area (TPSA) is 105 Å². The molecule has 10 heteroatoms. The van der Waals surface area contributed by atoms with E-state index in [0.29, 0.717) is 23.0 Å². The molecule has 0 spiro atoms. The molecule has 0 bridgehead atoms. The molecule has 0 saturated heterocycles. The van der Waals surface area contributed by atoms with Gasteiger partial charge in [-0.3, -0.25) is 4.18 Å². The van der Waals surface area contributed by atoms with Crippen LogP contribution in [0.3, 0.4) is 0 Å². The van der Waals surface area contributed by atoms with Crippen molar-refractivity contribution in [1.82, 2.24) is 0 Å². The maximum atomic E-state index is 13.3. The third-order valence-corrected chi connectivity index (χ3v) is 11.8. The number of hydrogen-bond acceptors (Lipinski definition) is 8. The molecule has 51 heavy (non-hydrogen) atoms. The Bertz CT molecular complexity index is 2320. The van der Waals surface area contributed by atoms with E-state index in [2.05, 4.69) is 42.3 Å². The van der Waals surface area contributed by atoms with E-state index in [1.54, 1.807) is 55.6 Å². The Balaban J connectivity index is 1.06. The molecule has 0 aliphatic heterocycles. The zero-order valence-corrected chi connectivity index (χ0v) is 30.1. The van der Waals surface area contributed by atoms with Crippen LogP contribution < -0.4 is 14.2 Å². The van der Waals surface area contributed by atoms with Crippen LogP contribution in [-0.2, 0) is 29.6 Å². The molecular formula is C41H36O8S2. The summed E-state index contributed by atoms with van der Waals surface area (Å²) in [5.41, 5.74) is 3.60. The fraction of sp³-hybridized carbons (Fsp3) is 0.122. The fourth-order valence-electron chi connectivity index (χ4n) is 5.52. The molecule has 0 N–H and O–H groups in total. The van der Waals surface area contributed by atoms with Crippen molar-refractivity contribution in [2.45, 2.75) is 33.9 Å². The molecule has 0 atom stereocenters. The summed E-state index contributed by atoms with van der Waals surface area (Å²) < 4.78 is 72.3. The van der Waals surface area contributed by atoms with Gasteiger partial charge in [0.15, 0.2) is 0 Å². The fourth-order valence-corrected chi connectivity index (χ4v) is 7.44. The van der Waals surface area contributed by atoms with Crippen LogP contribution in [0.4, 0.5) is 0 Å². The van der Waals surface area contributed by atoms with E-state index in [9.17, 15) is 16.8 Å². The lowest BCUT2D eigenvalue weighted by atomic mass is 9.78. The minimum Gasteiger partial charge on any atom is -0.497 e. The Kier molecular flexibility index (Phi) is 10.0. The molecule has 0 saturated carbocycles. The lowest BCUT2D eigenvalue weighted by Crippen LogP contribution is -2.18. The van der Waals surface area contributed by atoms with Crippen LogP contribution >= 0.6 is 0 Å². The summed E-state index contributed by atoms with van der Waals surface area (Å²) in [4.78, 5) is 0.290. The molecule has 6 aromatic carbocycles. The maximum Gasteiger partial charge on any atom is 0.296 e. The van der Waals surface area contributed by atoms with Gasteiger partial charge in [0.25, 0.3) is 10.1 Å². The average molecular weight is 721 g/mol. The molecule has 0 heterocycles. The number of ether oxygens (including phenoxy) is 3. The van der Waals surface area contributed by atoms with E-state index >= 15 is 0 Å². The lowest BCUT2D eigenvalue weighted by Gasteiger charge is -2.26. The summed E-state index contributed by atoms with van der Waals surface area (Å²) in [5, 5.41) is 0. The SMILES string of the molecule is COc1ccc(C(C)(C)c2ccc(Oc3ccc(Oc4ccc(S(=O)(=O)c5ccc(-c6ccc(S(=O)(=O)OC)cc6)cc5)cc4)cc3)cc2)cc1. The highest BCUT2D eigenvalue weighted by atomic mass is 32.2. The van der Waals surface area contributed by atoms with Crippen molar-refractivity contribution in [1.29, 1.82) is 0 Å². The van der Waals surface area contributed by atoms with Crippen molar-refractivity contribution in [3.05, 3.63) is 157 Å². The Labute approximate surface area is 298 Å². The molecule has 8 nitrogen and oxygen atoms in total. The van der Waals surface area contributed by atoms with E-state index in [0.717, 1.165) is 29.5 Å². The van der Waals surface area contributed by atoms with Crippen LogP contribution in [0.15, 0.2) is 160 Å². The average Bonchev–Trinajstić information content (AvgIpc) is 3.16. The van der Waals surface area contributed by atoms with Gasteiger partial charge in [0.05, 0.1) is 28.9 Å². The predicted molar refractivity (Wildman–Crippen MR) is 196 cm³/mol. The zero-order valence-electron chi connectivity index (χ0n) is 28.4. The zero-order chi connectivity index (χ0) is 36.2. The highest BCUT2D eigenvalue weighted by Gasteiger charge is 2.23. The van der Waals surface area contributed by atoms with Crippen LogP contribution in [-0.4, -0.2) is 31.1 Å². The first kappa shape index (κ1) is 35.4. The van der Waals surface area contributed by atoms with Gasteiger partial charge in [0.1, 0.15) is 28.7 Å². The summed E-state index contributed by atoms with van der Waals surface area (Å²) in [6.45, 7) is 4.36. The van der Waals surface area contributed by atoms with Gasteiger partial charge >= 0.3 is 0 Å². The Morgan fingerprint density at radius 3 is 1.10 bits per heavy atom. The molecule has 6 aromatic rings. The molecule has 0 radical (unpaired) electrons. The number of sulfone groups is 1. The first-order chi connectivity index (χ1) is 24.4. The minimum absolute atomic E-state index is 0.0370. The minimum atomic E-state index is -3.80. The first-order valence-corrected chi connectivity index (χ1v) is 18.9. The molecule has 6 rings (SSSR count). The van der Waals surface area contributed by atoms with Crippen molar-refractivity contribution in [3.8, 4) is 39.9 Å². The van der Waals surface area contributed by atoms with Crippen LogP contribution in [0.25, 0.3) is 11.1 Å². The van der Waals surface area contributed by atoms with Gasteiger partial charge in [-0.15, -0.1) is 0 Å². The second-order valence-electron chi connectivity index (χ2n) is 12.2. The quantitative estimate of drug-likeness (QED) is 0.115. The second kappa shape index (κ2) is 14.4. The molecule has 0 fully saturated rings. The number of methoxy groups -OCH3 is 1. The van der Waals surface area contributed by atoms with Gasteiger partial charge < -0.3 is 14.2 Å². The monoisotopic (exact) mass is 720 g/mol. The smallest absolute Gasteiger partial charge is 0.296 e. The molecular weight excluding hydrogens is 685 g/mol. The van der Waals surface area contributed by atoms with Crippen LogP contribution in [0.5, 0.6) is 28.7 Å². The maximum absolute atomic E-state index is 13.3. The van der Waals surface area contributed by atoms with Gasteiger partial charge in [-0.2, -0.15) is 8.42 Å². The van der Waals surface area contributed by atoms with Gasteiger partial charge in [-0.05, 0) is 119 Å². The van der Waals surface area contributed by atoms with Crippen molar-refractivity contribution in [2.75, 3.05) is 14.2 Å².